The molecule has 9 heteroatoms. The topological polar surface area (TPSA) is 111 Å². The quantitative estimate of drug-likeness (QED) is 0.172. The van der Waals surface area contributed by atoms with Gasteiger partial charge in [0, 0.05) is 30.2 Å². The van der Waals surface area contributed by atoms with E-state index < -0.39 is 19.6 Å². The van der Waals surface area contributed by atoms with Gasteiger partial charge in [-0.15, -0.1) is 0 Å². The maximum absolute atomic E-state index is 13.6. The fraction of sp³-hybridized carbons (Fsp3) is 0.407. The van der Waals surface area contributed by atoms with Gasteiger partial charge in [0.05, 0.1) is 35.6 Å². The largest absolute Gasteiger partial charge is 0.458 e. The van der Waals surface area contributed by atoms with E-state index in [0.717, 1.165) is 18.0 Å². The number of hydrogen-bond acceptors (Lipinski definition) is 7. The Balaban J connectivity index is 1.63. The highest BCUT2D eigenvalue weighted by Gasteiger charge is 2.45. The van der Waals surface area contributed by atoms with E-state index in [2.05, 4.69) is 25.0 Å². The van der Waals surface area contributed by atoms with Gasteiger partial charge in [0.25, 0.3) is 5.56 Å². The standard InChI is InChI=1S/C27H31N3O5Si/c1-5-27(34)19-12-21-24-17(14-30(21)25(32)18(19)15-35-26(27)33)23(16-8-6-7-9-20(16)29-24)22(31)13-28-10-11-36(2,3)4/h6-9,12,28,34H,5,10-11,13-15H2,1-4H3/t27-/m0/s1. The first-order valence-electron chi connectivity index (χ1n) is 12.4. The summed E-state index contributed by atoms with van der Waals surface area (Å²) in [4.78, 5) is 44.3. The van der Waals surface area contributed by atoms with Crippen molar-refractivity contribution < 1.29 is 19.4 Å². The van der Waals surface area contributed by atoms with Crippen LogP contribution in [0.4, 0.5) is 0 Å². The second-order valence-corrected chi connectivity index (χ2v) is 16.5. The summed E-state index contributed by atoms with van der Waals surface area (Å²) in [7, 11) is -1.23. The number of fused-ring (bicyclic) bond motifs is 5. The van der Waals surface area contributed by atoms with Crippen molar-refractivity contribution in [3.8, 4) is 11.4 Å². The number of nitrogens with one attached hydrogen (secondary N) is 1. The molecule has 0 unspecified atom stereocenters. The number of ketones is 1. The Labute approximate surface area is 210 Å². The second-order valence-electron chi connectivity index (χ2n) is 10.8. The summed E-state index contributed by atoms with van der Waals surface area (Å²) in [6.45, 7) is 9.56. The van der Waals surface area contributed by atoms with E-state index in [1.165, 1.54) is 0 Å². The van der Waals surface area contributed by atoms with Crippen molar-refractivity contribution in [2.75, 3.05) is 13.1 Å². The number of cyclic esters (lactones) is 1. The van der Waals surface area contributed by atoms with Crippen molar-refractivity contribution in [2.24, 2.45) is 0 Å². The number of aliphatic hydroxyl groups is 1. The van der Waals surface area contributed by atoms with E-state index in [4.69, 9.17) is 9.72 Å². The average molecular weight is 506 g/mol. The Hall–Kier alpha value is -3.14. The third-order valence-electron chi connectivity index (χ3n) is 7.21. The lowest BCUT2D eigenvalue weighted by Crippen LogP contribution is -2.44. The first-order chi connectivity index (χ1) is 17.0. The van der Waals surface area contributed by atoms with Crippen LogP contribution in [0, 0.1) is 0 Å². The van der Waals surface area contributed by atoms with Crippen LogP contribution in [-0.2, 0) is 28.3 Å². The number of hydrogen-bond donors (Lipinski definition) is 2. The van der Waals surface area contributed by atoms with E-state index in [-0.39, 0.29) is 48.6 Å². The number of ether oxygens (including phenoxy) is 1. The van der Waals surface area contributed by atoms with Crippen molar-refractivity contribution in [2.45, 2.75) is 57.8 Å². The zero-order valence-electron chi connectivity index (χ0n) is 21.1. The molecule has 0 saturated heterocycles. The summed E-state index contributed by atoms with van der Waals surface area (Å²) < 4.78 is 6.72. The molecule has 0 amide bonds. The van der Waals surface area contributed by atoms with Gasteiger partial charge in [-0.25, -0.2) is 9.78 Å². The normalized spacial score (nSPS) is 18.5. The molecule has 4 heterocycles. The van der Waals surface area contributed by atoms with Crippen LogP contribution in [0.2, 0.25) is 25.7 Å². The summed E-state index contributed by atoms with van der Waals surface area (Å²) >= 11 is 0. The molecule has 0 fully saturated rings. The molecule has 3 aromatic rings. The fourth-order valence-corrected chi connectivity index (χ4v) is 6.03. The smallest absolute Gasteiger partial charge is 0.343 e. The zero-order chi connectivity index (χ0) is 25.8. The van der Waals surface area contributed by atoms with Gasteiger partial charge >= 0.3 is 5.97 Å². The molecule has 5 rings (SSSR count). The number of para-hydroxylation sites is 1. The van der Waals surface area contributed by atoms with Crippen molar-refractivity contribution in [3.63, 3.8) is 0 Å². The van der Waals surface area contributed by atoms with Crippen LogP contribution in [0.25, 0.3) is 22.3 Å². The molecule has 2 aromatic heterocycles. The van der Waals surface area contributed by atoms with Crippen LogP contribution in [0.3, 0.4) is 0 Å². The lowest BCUT2D eigenvalue weighted by atomic mass is 9.86. The molecular formula is C27H31N3O5Si. The predicted octanol–water partition coefficient (Wildman–Crippen LogP) is 3.19. The number of carbonyl (C=O) groups is 2. The number of benzene rings is 1. The number of nitrogens with zero attached hydrogens (tertiary/aromatic N) is 2. The van der Waals surface area contributed by atoms with Gasteiger partial charge in [0.15, 0.2) is 11.4 Å². The molecule has 0 radical (unpaired) electrons. The molecule has 0 spiro atoms. The number of carbonyl (C=O) groups excluding carboxylic acids is 2. The van der Waals surface area contributed by atoms with Crippen LogP contribution in [-0.4, -0.2) is 47.6 Å². The highest BCUT2D eigenvalue weighted by atomic mass is 28.3. The van der Waals surface area contributed by atoms with Crippen LogP contribution < -0.4 is 10.9 Å². The van der Waals surface area contributed by atoms with E-state index >= 15 is 0 Å². The van der Waals surface area contributed by atoms with Gasteiger partial charge in [-0.05, 0) is 31.1 Å². The van der Waals surface area contributed by atoms with E-state index in [1.807, 2.05) is 24.3 Å². The minimum Gasteiger partial charge on any atom is -0.458 e. The van der Waals surface area contributed by atoms with Gasteiger partial charge in [-0.2, -0.15) is 0 Å². The average Bonchev–Trinajstić information content (AvgIpc) is 3.20. The van der Waals surface area contributed by atoms with Gasteiger partial charge < -0.3 is 19.7 Å². The summed E-state index contributed by atoms with van der Waals surface area (Å²) in [6.07, 6.45) is 0.0760. The molecule has 188 valence electrons. The minimum atomic E-state index is -1.89. The van der Waals surface area contributed by atoms with Crippen molar-refractivity contribution in [1.29, 1.82) is 0 Å². The number of Topliss-reactive ketones (excluding diaryl/α,β-unsaturated/α-hetero) is 1. The third kappa shape index (κ3) is 3.91. The van der Waals surface area contributed by atoms with Crippen LogP contribution in [0.15, 0.2) is 35.1 Å². The number of esters is 1. The van der Waals surface area contributed by atoms with Crippen molar-refractivity contribution in [1.82, 2.24) is 14.9 Å². The molecular weight excluding hydrogens is 474 g/mol. The molecule has 2 aliphatic heterocycles. The van der Waals surface area contributed by atoms with Crippen LogP contribution in [0.1, 0.15) is 40.4 Å². The maximum Gasteiger partial charge on any atom is 0.343 e. The maximum atomic E-state index is 13.6. The molecule has 2 N–H and O–H groups in total. The Morgan fingerprint density at radius 3 is 2.69 bits per heavy atom. The predicted molar refractivity (Wildman–Crippen MR) is 140 cm³/mol. The first-order valence-corrected chi connectivity index (χ1v) is 16.1. The summed E-state index contributed by atoms with van der Waals surface area (Å²) in [5.74, 6) is -0.804. The zero-order valence-corrected chi connectivity index (χ0v) is 22.1. The number of rotatable bonds is 7. The van der Waals surface area contributed by atoms with E-state index in [1.54, 1.807) is 17.6 Å². The van der Waals surface area contributed by atoms with Crippen LogP contribution in [0.5, 0.6) is 0 Å². The van der Waals surface area contributed by atoms with Gasteiger partial charge in [0.2, 0.25) is 0 Å². The molecule has 1 aromatic carbocycles. The Bertz CT molecular complexity index is 1470. The lowest BCUT2D eigenvalue weighted by Gasteiger charge is -2.31. The van der Waals surface area contributed by atoms with Crippen LogP contribution >= 0.6 is 0 Å². The third-order valence-corrected chi connectivity index (χ3v) is 8.96. The highest BCUT2D eigenvalue weighted by molar-refractivity contribution is 6.76. The molecule has 8 nitrogen and oxygen atoms in total. The van der Waals surface area contributed by atoms with Gasteiger partial charge in [-0.3, -0.25) is 9.59 Å². The molecule has 36 heavy (non-hydrogen) atoms. The molecule has 0 bridgehead atoms. The first kappa shape index (κ1) is 24.5. The summed E-state index contributed by atoms with van der Waals surface area (Å²) in [5.41, 5.74) is 1.26. The lowest BCUT2D eigenvalue weighted by molar-refractivity contribution is -0.172. The van der Waals surface area contributed by atoms with Crippen molar-refractivity contribution in [3.05, 3.63) is 62.9 Å². The highest BCUT2D eigenvalue weighted by Crippen LogP contribution is 2.40. The monoisotopic (exact) mass is 505 g/mol. The Morgan fingerprint density at radius 1 is 1.22 bits per heavy atom. The number of aromatic nitrogens is 2. The van der Waals surface area contributed by atoms with Gasteiger partial charge in [-0.1, -0.05) is 44.8 Å². The van der Waals surface area contributed by atoms with Crippen molar-refractivity contribution >= 4 is 30.7 Å². The summed E-state index contributed by atoms with van der Waals surface area (Å²) in [5, 5.41) is 15.2. The van der Waals surface area contributed by atoms with E-state index in [0.29, 0.717) is 28.0 Å². The molecule has 0 aliphatic carbocycles. The second kappa shape index (κ2) is 8.76. The fourth-order valence-electron chi connectivity index (χ4n) is 5.10. The molecule has 1 atom stereocenters. The molecule has 2 aliphatic rings. The molecule has 0 saturated carbocycles. The summed E-state index contributed by atoms with van der Waals surface area (Å²) in [6, 6.07) is 10.2. The Kier molecular flexibility index (Phi) is 5.97. The SMILES string of the molecule is CC[C@@]1(O)C(=O)OCc2c1cc1n(c2=O)Cc2c-1nc1ccccc1c2C(=O)CNCC[Si](C)(C)C. The number of pyridine rings is 2. The van der Waals surface area contributed by atoms with Gasteiger partial charge in [0.1, 0.15) is 6.61 Å². The Morgan fingerprint density at radius 2 is 1.97 bits per heavy atom. The minimum absolute atomic E-state index is 0.0466. The van der Waals surface area contributed by atoms with E-state index in [9.17, 15) is 19.5 Å².